The number of aromatic nitrogens is 1. The molecule has 0 bridgehead atoms. The van der Waals surface area contributed by atoms with Crippen molar-refractivity contribution in [2.45, 2.75) is 45.7 Å². The van der Waals surface area contributed by atoms with E-state index in [0.29, 0.717) is 6.07 Å². The van der Waals surface area contributed by atoms with Gasteiger partial charge in [0.05, 0.1) is 5.56 Å². The number of benzene rings is 2. The Morgan fingerprint density at radius 2 is 1.58 bits per heavy atom. The Labute approximate surface area is 203 Å². The van der Waals surface area contributed by atoms with Crippen LogP contribution in [0.15, 0.2) is 42.6 Å². The number of hydrogen-bond acceptors (Lipinski definition) is 2. The van der Waals surface area contributed by atoms with Crippen LogP contribution in [-0.2, 0) is 22.9 Å². The van der Waals surface area contributed by atoms with Crippen molar-refractivity contribution in [3.8, 4) is 11.1 Å². The van der Waals surface area contributed by atoms with Crippen LogP contribution in [-0.4, -0.2) is 26.2 Å². The van der Waals surface area contributed by atoms with Crippen LogP contribution in [0.3, 0.4) is 0 Å². The van der Waals surface area contributed by atoms with Gasteiger partial charge in [0.1, 0.15) is 11.9 Å². The highest BCUT2D eigenvalue weighted by Gasteiger charge is 2.45. The second-order valence-corrected chi connectivity index (χ2v) is 11.1. The third-order valence-corrected chi connectivity index (χ3v) is 6.43. The molecule has 36 heavy (non-hydrogen) atoms. The molecule has 1 aromatic heterocycles. The maximum atomic E-state index is 15.3. The second-order valence-electron chi connectivity index (χ2n) is 9.47. The number of halogens is 7. The lowest BCUT2D eigenvalue weighted by molar-refractivity contribution is -0.152. The maximum Gasteiger partial charge on any atom is 0.417 e. The molecule has 5 nitrogen and oxygen atoms in total. The summed E-state index contributed by atoms with van der Waals surface area (Å²) in [6.45, 7) is 5.46. The quantitative estimate of drug-likeness (QED) is 0.368. The van der Waals surface area contributed by atoms with E-state index in [1.165, 1.54) is 15.4 Å². The molecule has 198 valence electrons. The zero-order valence-electron chi connectivity index (χ0n) is 19.6. The first kappa shape index (κ1) is 27.9. The summed E-state index contributed by atoms with van der Waals surface area (Å²) in [5.74, 6) is -1.19. The average Bonchev–Trinajstić information content (AvgIpc) is 3.05. The molecule has 0 aliphatic carbocycles. The van der Waals surface area contributed by atoms with E-state index in [2.05, 4.69) is 0 Å². The molecule has 3 rings (SSSR count). The lowest BCUT2D eigenvalue weighted by atomic mass is 9.95. The van der Waals surface area contributed by atoms with Gasteiger partial charge in [0.25, 0.3) is 10.2 Å². The Balaban J connectivity index is 2.36. The van der Waals surface area contributed by atoms with Gasteiger partial charge in [-0.05, 0) is 29.2 Å². The zero-order chi connectivity index (χ0) is 27.3. The van der Waals surface area contributed by atoms with Gasteiger partial charge in [0, 0.05) is 41.8 Å². The van der Waals surface area contributed by atoms with Gasteiger partial charge in [0.2, 0.25) is 0 Å². The lowest BCUT2D eigenvalue weighted by Gasteiger charge is -2.21. The van der Waals surface area contributed by atoms with Crippen LogP contribution in [0.1, 0.15) is 37.9 Å². The summed E-state index contributed by atoms with van der Waals surface area (Å²) in [6.07, 6.45) is -8.86. The summed E-state index contributed by atoms with van der Waals surface area (Å²) in [5.41, 5.74) is -3.10. The molecule has 1 atom stereocenters. The van der Waals surface area contributed by atoms with E-state index in [-0.39, 0.29) is 17.4 Å². The molecule has 3 aromatic rings. The summed E-state index contributed by atoms with van der Waals surface area (Å²) in [5, 5.41) is -0.286. The van der Waals surface area contributed by atoms with Gasteiger partial charge in [-0.1, -0.05) is 39.0 Å². The fraction of sp³-hybridized carbons (Fsp3) is 0.391. The smallest absolute Gasteiger partial charge is 0.347 e. The summed E-state index contributed by atoms with van der Waals surface area (Å²) in [4.78, 5) is 0. The molecule has 0 amide bonds. The van der Waals surface area contributed by atoms with E-state index in [9.17, 15) is 34.8 Å². The maximum absolute atomic E-state index is 15.3. The Morgan fingerprint density at radius 1 is 0.972 bits per heavy atom. The average molecular weight is 540 g/mol. The van der Waals surface area contributed by atoms with Crippen LogP contribution in [0.5, 0.6) is 0 Å². The molecule has 0 radical (unpaired) electrons. The minimum absolute atomic E-state index is 0.0196. The number of nitrogens with one attached hydrogen (secondary N) is 2. The van der Waals surface area contributed by atoms with Crippen molar-refractivity contribution in [2.24, 2.45) is 5.41 Å². The van der Waals surface area contributed by atoms with Crippen LogP contribution in [0.2, 0.25) is 0 Å². The number of hydrogen-bond donors (Lipinski definition) is 2. The molecular formula is C23H24F7N3O2S. The second kappa shape index (κ2) is 9.34. The van der Waals surface area contributed by atoms with Crippen molar-refractivity contribution < 1.29 is 39.2 Å². The molecule has 0 unspecified atom stereocenters. The standard InChI is InChI=1S/C23H24F7N3O2S/c1-21(2,3)12-33-11-16(20(23(28,29)30)32-36(34,35)31-4)15-9-18(24)14(10-19(15)33)13-7-5-6-8-17(13)22(25,26)27/h5-11,20,31-32H,12H2,1-4H3/t20-/m0/s1. The highest BCUT2D eigenvalue weighted by Crippen LogP contribution is 2.42. The zero-order valence-corrected chi connectivity index (χ0v) is 20.5. The van der Waals surface area contributed by atoms with E-state index in [0.717, 1.165) is 37.5 Å². The number of alkyl halides is 6. The largest absolute Gasteiger partial charge is 0.417 e. The van der Waals surface area contributed by atoms with Gasteiger partial charge in [-0.3, -0.25) is 0 Å². The third-order valence-electron chi connectivity index (χ3n) is 5.35. The van der Waals surface area contributed by atoms with Crippen molar-refractivity contribution in [1.29, 1.82) is 0 Å². The van der Waals surface area contributed by atoms with E-state index < -0.39 is 62.1 Å². The van der Waals surface area contributed by atoms with Crippen LogP contribution in [0.25, 0.3) is 22.0 Å². The SMILES string of the molecule is CNS(=O)(=O)N[C@@H](c1cn(CC(C)(C)C)c2cc(-c3ccccc3C(F)(F)F)c(F)cc12)C(F)(F)F. The molecular weight excluding hydrogens is 515 g/mol. The molecule has 1 heterocycles. The number of fused-ring (bicyclic) bond motifs is 1. The van der Waals surface area contributed by atoms with Crippen LogP contribution < -0.4 is 9.44 Å². The minimum atomic E-state index is -5.11. The molecule has 0 spiro atoms. The summed E-state index contributed by atoms with van der Waals surface area (Å²) < 4.78 is 126. The lowest BCUT2D eigenvalue weighted by Crippen LogP contribution is -2.42. The topological polar surface area (TPSA) is 63.1 Å². The minimum Gasteiger partial charge on any atom is -0.347 e. The first-order valence-corrected chi connectivity index (χ1v) is 12.1. The highest BCUT2D eigenvalue weighted by molar-refractivity contribution is 7.87. The van der Waals surface area contributed by atoms with E-state index in [1.807, 2.05) is 0 Å². The number of nitrogens with zero attached hydrogens (tertiary/aromatic N) is 1. The normalized spacial score (nSPS) is 14.4. The van der Waals surface area contributed by atoms with Gasteiger partial charge in [-0.2, -0.15) is 39.5 Å². The van der Waals surface area contributed by atoms with Gasteiger partial charge in [-0.15, -0.1) is 0 Å². The Morgan fingerprint density at radius 3 is 2.11 bits per heavy atom. The molecule has 0 fully saturated rings. The summed E-state index contributed by atoms with van der Waals surface area (Å²) >= 11 is 0. The molecule has 13 heteroatoms. The summed E-state index contributed by atoms with van der Waals surface area (Å²) in [7, 11) is -3.66. The number of rotatable bonds is 6. The van der Waals surface area contributed by atoms with Crippen molar-refractivity contribution in [3.63, 3.8) is 0 Å². The van der Waals surface area contributed by atoms with Crippen LogP contribution >= 0.6 is 0 Å². The van der Waals surface area contributed by atoms with Crippen molar-refractivity contribution in [2.75, 3.05) is 7.05 Å². The van der Waals surface area contributed by atoms with Crippen molar-refractivity contribution in [1.82, 2.24) is 14.0 Å². The predicted octanol–water partition coefficient (Wildman–Crippen LogP) is 6.17. The highest BCUT2D eigenvalue weighted by atomic mass is 32.2. The van der Waals surface area contributed by atoms with E-state index in [1.54, 1.807) is 25.5 Å². The molecule has 2 aromatic carbocycles. The molecule has 0 aliphatic heterocycles. The Bertz CT molecular complexity index is 1370. The van der Waals surface area contributed by atoms with Gasteiger partial charge in [-0.25, -0.2) is 9.11 Å². The molecule has 0 saturated heterocycles. The third kappa shape index (κ3) is 6.01. The van der Waals surface area contributed by atoms with Crippen molar-refractivity contribution in [3.05, 3.63) is 59.5 Å². The van der Waals surface area contributed by atoms with E-state index in [4.69, 9.17) is 0 Å². The molecule has 2 N–H and O–H groups in total. The van der Waals surface area contributed by atoms with Gasteiger partial charge >= 0.3 is 12.4 Å². The monoisotopic (exact) mass is 539 g/mol. The first-order valence-electron chi connectivity index (χ1n) is 10.6. The molecule has 0 aliphatic rings. The molecule has 0 saturated carbocycles. The van der Waals surface area contributed by atoms with E-state index >= 15 is 4.39 Å². The van der Waals surface area contributed by atoms with Gasteiger partial charge < -0.3 is 4.57 Å². The Hall–Kier alpha value is -2.64. The van der Waals surface area contributed by atoms with Gasteiger partial charge in [0.15, 0.2) is 0 Å². The Kier molecular flexibility index (Phi) is 7.25. The first-order chi connectivity index (χ1) is 16.3. The fourth-order valence-corrected chi connectivity index (χ4v) is 4.59. The van der Waals surface area contributed by atoms with Crippen LogP contribution in [0, 0.1) is 11.2 Å². The van der Waals surface area contributed by atoms with Crippen LogP contribution in [0.4, 0.5) is 30.7 Å². The predicted molar refractivity (Wildman–Crippen MR) is 122 cm³/mol. The van der Waals surface area contributed by atoms with Crippen molar-refractivity contribution >= 4 is 21.1 Å². The summed E-state index contributed by atoms with van der Waals surface area (Å²) in [6, 6.07) is 3.32. The fourth-order valence-electron chi connectivity index (χ4n) is 3.90.